The largest absolute Gasteiger partial charge is 0.507 e. The number of methoxy groups -OCH3 is 2. The molecule has 0 heterocycles. The number of phenols is 2. The van der Waals surface area contributed by atoms with Gasteiger partial charge in [-0.1, -0.05) is 67.6 Å². The Balaban J connectivity index is 1.91. The first-order chi connectivity index (χ1) is 17.9. The third kappa shape index (κ3) is 4.78. The van der Waals surface area contributed by atoms with E-state index in [9.17, 15) is 19.8 Å². The first-order valence-corrected chi connectivity index (χ1v) is 11.9. The van der Waals surface area contributed by atoms with Gasteiger partial charge in [-0.05, 0) is 30.7 Å². The van der Waals surface area contributed by atoms with Crippen LogP contribution in [0.15, 0.2) is 84.9 Å². The van der Waals surface area contributed by atoms with Gasteiger partial charge >= 0.3 is 0 Å². The van der Waals surface area contributed by atoms with Crippen molar-refractivity contribution in [2.24, 2.45) is 0 Å². The van der Waals surface area contributed by atoms with Crippen LogP contribution >= 0.6 is 0 Å². The molecular weight excluding hydrogens is 468 g/mol. The number of carbonyl (C=O) groups is 2. The van der Waals surface area contributed by atoms with Crippen molar-refractivity contribution in [3.05, 3.63) is 118 Å². The van der Waals surface area contributed by atoms with Crippen molar-refractivity contribution in [1.29, 1.82) is 0 Å². The Labute approximate surface area is 215 Å². The van der Waals surface area contributed by atoms with Crippen molar-refractivity contribution >= 4 is 11.6 Å². The summed E-state index contributed by atoms with van der Waals surface area (Å²) in [6.45, 7) is 1.87. The lowest BCUT2D eigenvalue weighted by Gasteiger charge is -2.25. The Bertz CT molecular complexity index is 1320. The first-order valence-electron chi connectivity index (χ1n) is 11.9. The number of ketones is 2. The topological polar surface area (TPSA) is 93.1 Å². The van der Waals surface area contributed by atoms with Gasteiger partial charge in [0, 0.05) is 28.2 Å². The van der Waals surface area contributed by atoms with E-state index in [0.29, 0.717) is 40.2 Å². The predicted molar refractivity (Wildman–Crippen MR) is 141 cm³/mol. The fourth-order valence-electron chi connectivity index (χ4n) is 4.62. The molecule has 188 valence electrons. The molecular formula is C31H28O6. The van der Waals surface area contributed by atoms with Crippen LogP contribution in [0.3, 0.4) is 0 Å². The van der Waals surface area contributed by atoms with Gasteiger partial charge < -0.3 is 19.7 Å². The van der Waals surface area contributed by atoms with Gasteiger partial charge in [0.05, 0.1) is 25.3 Å². The van der Waals surface area contributed by atoms with Crippen LogP contribution in [-0.2, 0) is 0 Å². The lowest BCUT2D eigenvalue weighted by molar-refractivity contribution is 0.102. The molecule has 37 heavy (non-hydrogen) atoms. The van der Waals surface area contributed by atoms with E-state index in [2.05, 4.69) is 0 Å². The summed E-state index contributed by atoms with van der Waals surface area (Å²) in [6.07, 6.45) is 0.403. The molecule has 0 bridgehead atoms. The maximum absolute atomic E-state index is 13.2. The fraction of sp³-hybridized carbons (Fsp3) is 0.161. The molecule has 6 heteroatoms. The maximum Gasteiger partial charge on any atom is 0.196 e. The molecule has 0 aliphatic rings. The summed E-state index contributed by atoms with van der Waals surface area (Å²) in [4.78, 5) is 26.5. The van der Waals surface area contributed by atoms with Crippen LogP contribution < -0.4 is 9.47 Å². The number of aromatic hydroxyl groups is 2. The summed E-state index contributed by atoms with van der Waals surface area (Å²) in [6, 6.07) is 23.6. The monoisotopic (exact) mass is 496 g/mol. The van der Waals surface area contributed by atoms with E-state index in [1.54, 1.807) is 60.7 Å². The first kappa shape index (κ1) is 25.5. The molecule has 0 amide bonds. The minimum absolute atomic E-state index is 0.107. The van der Waals surface area contributed by atoms with Crippen LogP contribution in [0.2, 0.25) is 0 Å². The summed E-state index contributed by atoms with van der Waals surface area (Å²) in [7, 11) is 2.94. The molecule has 6 nitrogen and oxygen atoms in total. The highest BCUT2D eigenvalue weighted by molar-refractivity contribution is 6.12. The minimum Gasteiger partial charge on any atom is -0.507 e. The third-order valence-corrected chi connectivity index (χ3v) is 6.46. The van der Waals surface area contributed by atoms with Gasteiger partial charge in [-0.25, -0.2) is 0 Å². The highest BCUT2D eigenvalue weighted by Crippen LogP contribution is 2.48. The summed E-state index contributed by atoms with van der Waals surface area (Å²) in [5.74, 6) is -1.16. The molecule has 4 aromatic rings. The third-order valence-electron chi connectivity index (χ3n) is 6.46. The second kappa shape index (κ2) is 11.0. The second-order valence-electron chi connectivity index (χ2n) is 8.51. The molecule has 0 aliphatic heterocycles. The quantitative estimate of drug-likeness (QED) is 0.271. The molecule has 4 aromatic carbocycles. The molecule has 0 fully saturated rings. The molecule has 0 atom stereocenters. The Morgan fingerprint density at radius 3 is 1.35 bits per heavy atom. The highest BCUT2D eigenvalue weighted by Gasteiger charge is 2.31. The lowest BCUT2D eigenvalue weighted by atomic mass is 9.83. The van der Waals surface area contributed by atoms with Gasteiger partial charge in [0.25, 0.3) is 0 Å². The average Bonchev–Trinajstić information content (AvgIpc) is 2.94. The number of phenolic OH excluding ortho intramolecular Hbond substituents is 2. The van der Waals surface area contributed by atoms with Gasteiger partial charge in [0.15, 0.2) is 11.6 Å². The van der Waals surface area contributed by atoms with Crippen LogP contribution in [0, 0.1) is 0 Å². The van der Waals surface area contributed by atoms with E-state index in [1.807, 2.05) is 19.1 Å². The summed E-state index contributed by atoms with van der Waals surface area (Å²) < 4.78 is 11.1. The van der Waals surface area contributed by atoms with Crippen molar-refractivity contribution in [1.82, 2.24) is 0 Å². The van der Waals surface area contributed by atoms with Gasteiger partial charge in [0.2, 0.25) is 0 Å². The molecule has 0 aliphatic carbocycles. The van der Waals surface area contributed by atoms with E-state index < -0.39 is 5.92 Å². The van der Waals surface area contributed by atoms with Gasteiger partial charge in [-0.3, -0.25) is 9.59 Å². The smallest absolute Gasteiger partial charge is 0.196 e. The van der Waals surface area contributed by atoms with Crippen molar-refractivity contribution < 1.29 is 29.3 Å². The lowest BCUT2D eigenvalue weighted by Crippen LogP contribution is -2.11. The van der Waals surface area contributed by atoms with Crippen LogP contribution in [-0.4, -0.2) is 36.0 Å². The van der Waals surface area contributed by atoms with Gasteiger partial charge in [0.1, 0.15) is 23.0 Å². The average molecular weight is 497 g/mol. The van der Waals surface area contributed by atoms with Crippen LogP contribution in [0.4, 0.5) is 0 Å². The summed E-state index contributed by atoms with van der Waals surface area (Å²) >= 11 is 0. The fourth-order valence-corrected chi connectivity index (χ4v) is 4.62. The summed E-state index contributed by atoms with van der Waals surface area (Å²) in [5, 5.41) is 22.8. The Morgan fingerprint density at radius 1 is 0.649 bits per heavy atom. The van der Waals surface area contributed by atoms with Crippen LogP contribution in [0.25, 0.3) is 0 Å². The van der Waals surface area contributed by atoms with Crippen molar-refractivity contribution in [2.75, 3.05) is 14.2 Å². The summed E-state index contributed by atoms with van der Waals surface area (Å²) in [5.41, 5.74) is 1.72. The molecule has 0 aromatic heterocycles. The van der Waals surface area contributed by atoms with Crippen molar-refractivity contribution in [2.45, 2.75) is 19.3 Å². The highest BCUT2D eigenvalue weighted by atomic mass is 16.5. The molecule has 2 N–H and O–H groups in total. The van der Waals surface area contributed by atoms with Crippen molar-refractivity contribution in [3.63, 3.8) is 0 Å². The zero-order valence-electron chi connectivity index (χ0n) is 20.9. The predicted octanol–water partition coefficient (Wildman–Crippen LogP) is 6.12. The van der Waals surface area contributed by atoms with Gasteiger partial charge in [-0.2, -0.15) is 0 Å². The number of carbonyl (C=O) groups excluding carboxylic acids is 2. The Hall–Kier alpha value is -4.58. The SMILES string of the molecule is CCC(c1c(OC)ccc(C(=O)c2ccccc2)c1O)c1c(OC)ccc(C(=O)c2ccccc2)c1O. The van der Waals surface area contributed by atoms with E-state index >= 15 is 0 Å². The van der Waals surface area contributed by atoms with E-state index in [0.717, 1.165) is 0 Å². The van der Waals surface area contributed by atoms with E-state index in [-0.39, 0.29) is 34.2 Å². The van der Waals surface area contributed by atoms with E-state index in [1.165, 1.54) is 26.4 Å². The molecule has 4 rings (SSSR count). The maximum atomic E-state index is 13.2. The van der Waals surface area contributed by atoms with Crippen molar-refractivity contribution in [3.8, 4) is 23.0 Å². The molecule has 0 saturated heterocycles. The Kier molecular flexibility index (Phi) is 7.58. The molecule has 0 spiro atoms. The Morgan fingerprint density at radius 2 is 1.03 bits per heavy atom. The zero-order valence-corrected chi connectivity index (χ0v) is 20.9. The van der Waals surface area contributed by atoms with Crippen LogP contribution in [0.1, 0.15) is 62.2 Å². The standard InChI is InChI=1S/C31H28O6/c1-4-21(26-24(36-2)17-15-22(30(26)34)28(32)19-11-7-5-8-12-19)27-25(37-3)18-16-23(31(27)35)29(33)20-13-9-6-10-14-20/h5-18,21,34-35H,4H2,1-3H3. The minimum atomic E-state index is -0.656. The number of hydrogen-bond acceptors (Lipinski definition) is 6. The zero-order chi connectivity index (χ0) is 26.5. The number of rotatable bonds is 9. The number of ether oxygens (including phenoxy) is 2. The molecule has 0 saturated carbocycles. The normalized spacial score (nSPS) is 10.8. The van der Waals surface area contributed by atoms with Gasteiger partial charge in [-0.15, -0.1) is 0 Å². The number of hydrogen-bond donors (Lipinski definition) is 2. The van der Waals surface area contributed by atoms with E-state index in [4.69, 9.17) is 9.47 Å². The molecule has 0 radical (unpaired) electrons. The number of benzene rings is 4. The second-order valence-corrected chi connectivity index (χ2v) is 8.51. The van der Waals surface area contributed by atoms with Crippen LogP contribution in [0.5, 0.6) is 23.0 Å². The molecule has 0 unspecified atom stereocenters.